The lowest BCUT2D eigenvalue weighted by molar-refractivity contribution is -0.122. The lowest BCUT2D eigenvalue weighted by Gasteiger charge is -2.31. The maximum atomic E-state index is 13.3. The number of Topliss-reactive ketones (excluding diaryl/α,β-unsaturated/α-hetero) is 1. The van der Waals surface area contributed by atoms with Gasteiger partial charge in [-0.2, -0.15) is 0 Å². The number of unbranched alkanes of at least 4 members (excludes halogenated alkanes) is 3. The number of hydrogen-bond acceptors (Lipinski definition) is 4. The average molecular weight is 653 g/mol. The molecule has 0 bridgehead atoms. The molecule has 1 aromatic carbocycles. The van der Waals surface area contributed by atoms with Crippen molar-refractivity contribution >= 4 is 17.6 Å². The minimum absolute atomic E-state index is 0.00335. The van der Waals surface area contributed by atoms with E-state index >= 15 is 0 Å². The highest BCUT2D eigenvalue weighted by Crippen LogP contribution is 2.40. The van der Waals surface area contributed by atoms with Gasteiger partial charge in [-0.15, -0.1) is 0 Å². The van der Waals surface area contributed by atoms with Crippen LogP contribution in [0.25, 0.3) is 0 Å². The van der Waals surface area contributed by atoms with Crippen molar-refractivity contribution in [2.75, 3.05) is 13.1 Å². The third-order valence-corrected chi connectivity index (χ3v) is 8.96. The zero-order valence-electron chi connectivity index (χ0n) is 32.3. The summed E-state index contributed by atoms with van der Waals surface area (Å²) < 4.78 is 0. The highest BCUT2D eigenvalue weighted by molar-refractivity contribution is 5.98. The van der Waals surface area contributed by atoms with Crippen LogP contribution < -0.4 is 10.6 Å². The molecular weight excluding hydrogens is 584 g/mol. The van der Waals surface area contributed by atoms with Crippen LogP contribution in [0.2, 0.25) is 0 Å². The van der Waals surface area contributed by atoms with Crippen LogP contribution in [0.1, 0.15) is 152 Å². The van der Waals surface area contributed by atoms with E-state index in [9.17, 15) is 19.5 Å². The summed E-state index contributed by atoms with van der Waals surface area (Å²) in [6.07, 6.45) is 7.56. The van der Waals surface area contributed by atoms with Crippen LogP contribution in [0, 0.1) is 16.7 Å². The number of ketones is 1. The largest absolute Gasteiger partial charge is 0.507 e. The van der Waals surface area contributed by atoms with Crippen LogP contribution in [-0.2, 0) is 31.6 Å². The van der Waals surface area contributed by atoms with Crippen molar-refractivity contribution in [3.8, 4) is 5.75 Å². The first kappa shape index (κ1) is 42.1. The fourth-order valence-corrected chi connectivity index (χ4v) is 5.31. The minimum atomic E-state index is -0.300. The zero-order chi connectivity index (χ0) is 36.4. The number of allylic oxidation sites excluding steroid dienone is 3. The lowest BCUT2D eigenvalue weighted by Crippen LogP contribution is -2.31. The topological polar surface area (TPSA) is 95.5 Å². The molecule has 0 spiro atoms. The summed E-state index contributed by atoms with van der Waals surface area (Å²) in [5, 5.41) is 17.0. The maximum Gasteiger partial charge on any atom is 0.220 e. The van der Waals surface area contributed by atoms with Gasteiger partial charge in [0.15, 0.2) is 5.78 Å². The van der Waals surface area contributed by atoms with Gasteiger partial charge in [0.05, 0.1) is 0 Å². The van der Waals surface area contributed by atoms with E-state index in [-0.39, 0.29) is 45.2 Å². The van der Waals surface area contributed by atoms with Crippen LogP contribution in [0.15, 0.2) is 35.9 Å². The molecule has 0 aromatic heterocycles. The maximum absolute atomic E-state index is 13.3. The second-order valence-corrected chi connectivity index (χ2v) is 17.6. The van der Waals surface area contributed by atoms with Crippen molar-refractivity contribution in [2.24, 2.45) is 16.7 Å². The third kappa shape index (κ3) is 14.8. The van der Waals surface area contributed by atoms with E-state index in [1.165, 1.54) is 0 Å². The van der Waals surface area contributed by atoms with Crippen molar-refractivity contribution in [3.63, 3.8) is 0 Å². The van der Waals surface area contributed by atoms with Crippen LogP contribution in [-0.4, -0.2) is 35.8 Å². The van der Waals surface area contributed by atoms with Crippen molar-refractivity contribution in [1.29, 1.82) is 0 Å². The Morgan fingerprint density at radius 1 is 0.745 bits per heavy atom. The van der Waals surface area contributed by atoms with Gasteiger partial charge in [-0.1, -0.05) is 133 Å². The molecule has 0 aliphatic rings. The number of phenolic OH excluding ortho intramolecular Hbond substituents is 1. The van der Waals surface area contributed by atoms with Gasteiger partial charge in [0, 0.05) is 37.4 Å². The number of nitrogens with one attached hydrogen (secondary N) is 2. The number of aryl methyl sites for hydroxylation is 1. The highest BCUT2D eigenvalue weighted by Gasteiger charge is 2.33. The van der Waals surface area contributed by atoms with Gasteiger partial charge in [0.25, 0.3) is 0 Å². The monoisotopic (exact) mass is 653 g/mol. The number of carbonyl (C=O) groups excluding carboxylic acids is 3. The second-order valence-electron chi connectivity index (χ2n) is 17.6. The lowest BCUT2D eigenvalue weighted by atomic mass is 9.72. The fraction of sp³-hybridized carbons (Fsp3) is 0.683. The summed E-state index contributed by atoms with van der Waals surface area (Å²) in [6.45, 7) is 32.4. The van der Waals surface area contributed by atoms with Gasteiger partial charge in [-0.05, 0) is 64.0 Å². The molecule has 0 heterocycles. The molecule has 1 unspecified atom stereocenters. The Hall–Kier alpha value is -2.89. The van der Waals surface area contributed by atoms with Gasteiger partial charge in [0.2, 0.25) is 11.8 Å². The number of amides is 2. The number of aromatic hydroxyl groups is 1. The van der Waals surface area contributed by atoms with Crippen molar-refractivity contribution in [1.82, 2.24) is 10.6 Å². The first-order chi connectivity index (χ1) is 21.4. The predicted octanol–water partition coefficient (Wildman–Crippen LogP) is 9.27. The van der Waals surface area contributed by atoms with Crippen LogP contribution >= 0.6 is 0 Å². The van der Waals surface area contributed by atoms with Gasteiger partial charge in [-0.3, -0.25) is 14.4 Å². The molecule has 0 saturated carbocycles. The summed E-state index contributed by atoms with van der Waals surface area (Å²) in [6, 6.07) is 4.09. The minimum Gasteiger partial charge on any atom is -0.507 e. The molecule has 0 radical (unpaired) electrons. The Labute approximate surface area is 287 Å². The first-order valence-corrected chi connectivity index (χ1v) is 17.7. The zero-order valence-corrected chi connectivity index (χ0v) is 32.3. The van der Waals surface area contributed by atoms with E-state index < -0.39 is 0 Å². The molecule has 0 aliphatic carbocycles. The fourth-order valence-electron chi connectivity index (χ4n) is 5.31. The Balaban J connectivity index is 2.40. The number of carbonyl (C=O) groups is 3. The quantitative estimate of drug-likeness (QED) is 0.0942. The molecule has 6 nitrogen and oxygen atoms in total. The Morgan fingerprint density at radius 2 is 1.19 bits per heavy atom. The Kier molecular flexibility index (Phi) is 15.7. The number of benzene rings is 1. The molecule has 2 amide bonds. The average Bonchev–Trinajstić information content (AvgIpc) is 2.92. The normalized spacial score (nSPS) is 13.7. The molecule has 1 aromatic rings. The van der Waals surface area contributed by atoms with Gasteiger partial charge < -0.3 is 15.7 Å². The van der Waals surface area contributed by atoms with Crippen molar-refractivity contribution in [3.05, 3.63) is 52.6 Å². The van der Waals surface area contributed by atoms with Crippen LogP contribution in [0.4, 0.5) is 0 Å². The van der Waals surface area contributed by atoms with Gasteiger partial charge in [-0.25, -0.2) is 0 Å². The van der Waals surface area contributed by atoms with Crippen molar-refractivity contribution < 1.29 is 19.5 Å². The predicted molar refractivity (Wildman–Crippen MR) is 198 cm³/mol. The molecule has 0 saturated heterocycles. The van der Waals surface area contributed by atoms with E-state index in [0.717, 1.165) is 53.5 Å². The first-order valence-electron chi connectivity index (χ1n) is 17.7. The van der Waals surface area contributed by atoms with E-state index in [1.54, 1.807) is 0 Å². The smallest absolute Gasteiger partial charge is 0.220 e. The van der Waals surface area contributed by atoms with Gasteiger partial charge in [0.1, 0.15) is 5.75 Å². The highest BCUT2D eigenvalue weighted by atomic mass is 16.3. The Bertz CT molecular complexity index is 1230. The molecule has 3 N–H and O–H groups in total. The third-order valence-electron chi connectivity index (χ3n) is 8.96. The Morgan fingerprint density at radius 3 is 1.60 bits per heavy atom. The molecule has 0 fully saturated rings. The second kappa shape index (κ2) is 17.5. The summed E-state index contributed by atoms with van der Waals surface area (Å²) in [5.74, 6) is 0.437. The molecule has 1 rings (SSSR count). The summed E-state index contributed by atoms with van der Waals surface area (Å²) in [7, 11) is 0. The standard InChI is InChI=1S/C41H68N2O4/c1-28(25-31(39(6,7)8)36(46)29(2)38(3,4)5)19-21-34(44)42-23-17-15-16-18-24-43-35(45)22-20-30-26-32(40(9,10)11)37(47)33(27-30)41(12,13)14/h25-27,29,47H,1,15-24H2,2-14H3,(H,42,44)(H,43,45)/b31-25+. The molecule has 1 atom stereocenters. The molecule has 0 aliphatic heterocycles. The molecule has 47 heavy (non-hydrogen) atoms. The van der Waals surface area contributed by atoms with E-state index in [4.69, 9.17) is 0 Å². The summed E-state index contributed by atoms with van der Waals surface area (Å²) in [5.41, 5.74) is 3.67. The van der Waals surface area contributed by atoms with Crippen LogP contribution in [0.5, 0.6) is 5.75 Å². The number of phenols is 1. The molecule has 266 valence electrons. The number of hydrogen-bond donors (Lipinski definition) is 3. The SMILES string of the molecule is C=C(/C=C(\C(=O)C(C)C(C)(C)C)C(C)(C)C)CCC(=O)NCCCCCCNC(=O)CCc1cc(C(C)(C)C)c(O)c(C(C)(C)C)c1. The molecule has 6 heteroatoms. The van der Waals surface area contributed by atoms with E-state index in [1.807, 2.05) is 45.9 Å². The number of rotatable bonds is 16. The van der Waals surface area contributed by atoms with E-state index in [0.29, 0.717) is 44.5 Å². The van der Waals surface area contributed by atoms with Gasteiger partial charge >= 0.3 is 0 Å². The summed E-state index contributed by atoms with van der Waals surface area (Å²) in [4.78, 5) is 38.2. The van der Waals surface area contributed by atoms with Crippen LogP contribution in [0.3, 0.4) is 0 Å². The molecular formula is C41H68N2O4. The van der Waals surface area contributed by atoms with Crippen molar-refractivity contribution in [2.45, 2.75) is 152 Å². The van der Waals surface area contributed by atoms with E-state index in [2.05, 4.69) is 79.5 Å². The summed E-state index contributed by atoms with van der Waals surface area (Å²) >= 11 is 0.